The molecule has 0 radical (unpaired) electrons. The molecule has 0 atom stereocenters. The third-order valence-electron chi connectivity index (χ3n) is 1.09. The Kier molecular flexibility index (Phi) is 10.1. The van der Waals surface area contributed by atoms with Crippen LogP contribution in [0.3, 0.4) is 0 Å². The molecule has 0 aliphatic carbocycles. The second kappa shape index (κ2) is 10.5. The Labute approximate surface area is 71.7 Å². The van der Waals surface area contributed by atoms with E-state index in [0.29, 0.717) is 32.7 Å². The average molecular weight is 177 g/mol. The molecule has 12 heavy (non-hydrogen) atoms. The van der Waals surface area contributed by atoms with Crippen molar-refractivity contribution in [2.75, 3.05) is 39.7 Å². The maximum atomic E-state index is 9.78. The van der Waals surface area contributed by atoms with E-state index >= 15 is 0 Å². The number of aliphatic hydroxyl groups is 1. The first-order chi connectivity index (χ1) is 5.91. The van der Waals surface area contributed by atoms with E-state index in [2.05, 4.69) is 5.32 Å². The van der Waals surface area contributed by atoms with Crippen LogP contribution in [0, 0.1) is 0 Å². The minimum absolute atomic E-state index is 0.0367. The van der Waals surface area contributed by atoms with Crippen LogP contribution >= 0.6 is 0 Å². The molecule has 0 aromatic heterocycles. The Morgan fingerprint density at radius 3 is 2.67 bits per heavy atom. The summed E-state index contributed by atoms with van der Waals surface area (Å²) in [6, 6.07) is 0. The highest BCUT2D eigenvalue weighted by molar-refractivity contribution is 5.50. The lowest BCUT2D eigenvalue weighted by Crippen LogP contribution is -2.21. The van der Waals surface area contributed by atoms with Crippen LogP contribution in [0.1, 0.15) is 0 Å². The number of aliphatic hydroxyl groups excluding tert-OH is 1. The number of nitrogens with one attached hydrogen (secondary N) is 1. The first kappa shape index (κ1) is 11.5. The van der Waals surface area contributed by atoms with Crippen molar-refractivity contribution in [1.82, 2.24) is 5.32 Å². The lowest BCUT2D eigenvalue weighted by atomic mass is 10.6. The van der Waals surface area contributed by atoms with Gasteiger partial charge in [-0.15, -0.1) is 0 Å². The van der Waals surface area contributed by atoms with Crippen molar-refractivity contribution in [2.45, 2.75) is 0 Å². The maximum absolute atomic E-state index is 9.78. The van der Waals surface area contributed by atoms with Crippen LogP contribution in [0.15, 0.2) is 0 Å². The molecule has 0 bridgehead atoms. The Bertz CT molecular complexity index is 99.4. The fourth-order valence-electron chi connectivity index (χ4n) is 0.575. The van der Waals surface area contributed by atoms with Gasteiger partial charge in [0.15, 0.2) is 0 Å². The van der Waals surface area contributed by atoms with E-state index < -0.39 is 0 Å². The van der Waals surface area contributed by atoms with Gasteiger partial charge in [0, 0.05) is 6.54 Å². The van der Waals surface area contributed by atoms with E-state index in [1.54, 1.807) is 0 Å². The summed E-state index contributed by atoms with van der Waals surface area (Å²) in [5.41, 5.74) is 0. The van der Waals surface area contributed by atoms with Crippen molar-refractivity contribution >= 4 is 6.29 Å². The third-order valence-corrected chi connectivity index (χ3v) is 1.09. The highest BCUT2D eigenvalue weighted by Crippen LogP contribution is 1.76. The number of ether oxygens (including phenoxy) is 2. The molecule has 5 heteroatoms. The van der Waals surface area contributed by atoms with Crippen molar-refractivity contribution in [2.24, 2.45) is 0 Å². The summed E-state index contributed by atoms with van der Waals surface area (Å²) in [6.07, 6.45) is 0.702. The van der Waals surface area contributed by atoms with Gasteiger partial charge in [-0.05, 0) is 0 Å². The fraction of sp³-hybridized carbons (Fsp3) is 0.857. The first-order valence-electron chi connectivity index (χ1n) is 3.82. The summed E-state index contributed by atoms with van der Waals surface area (Å²) in [5.74, 6) is 0. The second-order valence-corrected chi connectivity index (χ2v) is 2.01. The molecule has 0 unspecified atom stereocenters. The van der Waals surface area contributed by atoms with Crippen LogP contribution in [0.2, 0.25) is 0 Å². The van der Waals surface area contributed by atoms with Gasteiger partial charge in [-0.25, -0.2) is 0 Å². The van der Waals surface area contributed by atoms with Crippen molar-refractivity contribution in [3.8, 4) is 0 Å². The van der Waals surface area contributed by atoms with Crippen LogP contribution in [0.4, 0.5) is 0 Å². The van der Waals surface area contributed by atoms with Crippen molar-refractivity contribution in [3.63, 3.8) is 0 Å². The smallest absolute Gasteiger partial charge is 0.145 e. The molecule has 5 nitrogen and oxygen atoms in total. The van der Waals surface area contributed by atoms with Crippen LogP contribution < -0.4 is 5.32 Å². The predicted molar refractivity (Wildman–Crippen MR) is 42.8 cm³/mol. The lowest BCUT2D eigenvalue weighted by molar-refractivity contribution is -0.112. The molecular formula is C7H15NO4. The second-order valence-electron chi connectivity index (χ2n) is 2.01. The van der Waals surface area contributed by atoms with Crippen molar-refractivity contribution < 1.29 is 19.4 Å². The minimum atomic E-state index is -0.0367. The van der Waals surface area contributed by atoms with Gasteiger partial charge in [0.25, 0.3) is 0 Å². The van der Waals surface area contributed by atoms with Crippen LogP contribution in [0.25, 0.3) is 0 Å². The standard InChI is InChI=1S/C7H15NO4/c9-2-4-12-6-5-11-3-1-8-7-10/h2,8,10H,1,3-7H2. The van der Waals surface area contributed by atoms with Gasteiger partial charge in [-0.2, -0.15) is 0 Å². The number of carbonyl (C=O) groups is 1. The van der Waals surface area contributed by atoms with Crippen molar-refractivity contribution in [3.05, 3.63) is 0 Å². The fourth-order valence-corrected chi connectivity index (χ4v) is 0.575. The SMILES string of the molecule is O=CCOCCOCCNCO. The molecule has 72 valence electrons. The zero-order valence-corrected chi connectivity index (χ0v) is 6.99. The van der Waals surface area contributed by atoms with Crippen LogP contribution in [0.5, 0.6) is 0 Å². The van der Waals surface area contributed by atoms with Gasteiger partial charge in [0.05, 0.1) is 26.6 Å². The molecule has 0 amide bonds. The highest BCUT2D eigenvalue weighted by Gasteiger charge is 1.88. The molecule has 0 spiro atoms. The number of carbonyl (C=O) groups excluding carboxylic acids is 1. The maximum Gasteiger partial charge on any atom is 0.145 e. The van der Waals surface area contributed by atoms with E-state index in [1.807, 2.05) is 0 Å². The minimum Gasteiger partial charge on any atom is -0.381 e. The predicted octanol–water partition coefficient (Wildman–Crippen LogP) is -1.24. The summed E-state index contributed by atoms with van der Waals surface area (Å²) in [6.45, 7) is 2.14. The van der Waals surface area contributed by atoms with E-state index in [1.165, 1.54) is 0 Å². The van der Waals surface area contributed by atoms with Gasteiger partial charge in [0.2, 0.25) is 0 Å². The summed E-state index contributed by atoms with van der Waals surface area (Å²) in [5, 5.41) is 11.0. The number of rotatable bonds is 9. The summed E-state index contributed by atoms with van der Waals surface area (Å²) in [7, 11) is 0. The van der Waals surface area contributed by atoms with E-state index in [4.69, 9.17) is 14.6 Å². The molecular weight excluding hydrogens is 162 g/mol. The molecule has 0 aromatic rings. The lowest BCUT2D eigenvalue weighted by Gasteiger charge is -2.03. The zero-order valence-electron chi connectivity index (χ0n) is 6.99. The molecule has 0 rings (SSSR count). The highest BCUT2D eigenvalue weighted by atomic mass is 16.5. The van der Waals surface area contributed by atoms with Gasteiger partial charge < -0.3 is 19.4 Å². The molecule has 0 saturated heterocycles. The molecule has 0 heterocycles. The van der Waals surface area contributed by atoms with E-state index in [0.717, 1.165) is 0 Å². The van der Waals surface area contributed by atoms with E-state index in [9.17, 15) is 4.79 Å². The quantitative estimate of drug-likeness (QED) is 0.262. The molecule has 2 N–H and O–H groups in total. The number of hydrogen-bond acceptors (Lipinski definition) is 5. The molecule has 0 aromatic carbocycles. The van der Waals surface area contributed by atoms with Gasteiger partial charge >= 0.3 is 0 Å². The Balaban J connectivity index is 2.77. The Morgan fingerprint density at radius 2 is 2.00 bits per heavy atom. The van der Waals surface area contributed by atoms with Gasteiger partial charge in [-0.3, -0.25) is 5.32 Å². The van der Waals surface area contributed by atoms with Gasteiger partial charge in [-0.1, -0.05) is 0 Å². The summed E-state index contributed by atoms with van der Waals surface area (Å²) >= 11 is 0. The monoisotopic (exact) mass is 177 g/mol. The average Bonchev–Trinajstić information content (AvgIpc) is 2.10. The largest absolute Gasteiger partial charge is 0.381 e. The van der Waals surface area contributed by atoms with Crippen LogP contribution in [-0.2, 0) is 14.3 Å². The summed E-state index contributed by atoms with van der Waals surface area (Å²) < 4.78 is 9.89. The first-order valence-corrected chi connectivity index (χ1v) is 3.82. The Morgan fingerprint density at radius 1 is 1.25 bits per heavy atom. The molecule has 0 fully saturated rings. The topological polar surface area (TPSA) is 67.8 Å². The Hall–Kier alpha value is -0.490. The normalized spacial score (nSPS) is 10.1. The number of aldehydes is 1. The summed E-state index contributed by atoms with van der Waals surface area (Å²) in [4.78, 5) is 9.78. The van der Waals surface area contributed by atoms with E-state index in [-0.39, 0.29) is 13.3 Å². The van der Waals surface area contributed by atoms with Crippen molar-refractivity contribution in [1.29, 1.82) is 0 Å². The molecule has 0 saturated carbocycles. The number of hydrogen-bond donors (Lipinski definition) is 2. The van der Waals surface area contributed by atoms with Gasteiger partial charge in [0.1, 0.15) is 12.9 Å². The molecule has 0 aliphatic rings. The zero-order chi connectivity index (χ0) is 9.07. The third kappa shape index (κ3) is 9.51. The van der Waals surface area contributed by atoms with Crippen LogP contribution in [-0.4, -0.2) is 51.1 Å². The molecule has 0 aliphatic heterocycles.